The minimum Gasteiger partial charge on any atom is -0.0894 e. The first kappa shape index (κ1) is 11.6. The smallest absolute Gasteiger partial charge is 0.0120 e. The average molecular weight is 247 g/mol. The van der Waals surface area contributed by atoms with Crippen LogP contribution in [-0.4, -0.2) is 4.83 Å². The summed E-state index contributed by atoms with van der Waals surface area (Å²) in [4.78, 5) is 0.700. The molecule has 0 heterocycles. The molecule has 2 unspecified atom stereocenters. The summed E-state index contributed by atoms with van der Waals surface area (Å²) in [6, 6.07) is 0. The van der Waals surface area contributed by atoms with Gasteiger partial charge in [-0.1, -0.05) is 68.3 Å². The molecule has 0 aromatic carbocycles. The maximum atomic E-state index is 3.66. The van der Waals surface area contributed by atoms with E-state index in [0.717, 1.165) is 11.8 Å². The highest BCUT2D eigenvalue weighted by atomic mass is 79.9. The van der Waals surface area contributed by atoms with E-state index in [1.807, 2.05) is 0 Å². The zero-order valence-electron chi connectivity index (χ0n) is 9.06. The van der Waals surface area contributed by atoms with E-state index in [9.17, 15) is 0 Å². The van der Waals surface area contributed by atoms with Crippen molar-refractivity contribution in [3.8, 4) is 0 Å². The average Bonchev–Trinajstić information content (AvgIpc) is 2.29. The van der Waals surface area contributed by atoms with Crippen molar-refractivity contribution in [2.45, 2.75) is 63.6 Å². The van der Waals surface area contributed by atoms with E-state index in [4.69, 9.17) is 0 Å². The number of alkyl halides is 1. The second-order valence-corrected chi connectivity index (χ2v) is 6.31. The van der Waals surface area contributed by atoms with Gasteiger partial charge < -0.3 is 0 Å². The molecule has 0 amide bonds. The highest BCUT2D eigenvalue weighted by Gasteiger charge is 2.19. The minimum atomic E-state index is 0.700. The topological polar surface area (TPSA) is 0 Å². The summed E-state index contributed by atoms with van der Waals surface area (Å²) in [7, 11) is 0. The first-order valence-corrected chi connectivity index (χ1v) is 6.75. The van der Waals surface area contributed by atoms with Crippen LogP contribution in [0.5, 0.6) is 0 Å². The zero-order chi connectivity index (χ0) is 9.68. The number of halogens is 1. The third-order valence-corrected chi connectivity index (χ3v) is 3.77. The fourth-order valence-corrected chi connectivity index (χ4v) is 3.17. The van der Waals surface area contributed by atoms with Crippen LogP contribution in [0.1, 0.15) is 58.8 Å². The molecule has 1 saturated carbocycles. The van der Waals surface area contributed by atoms with E-state index >= 15 is 0 Å². The Morgan fingerprint density at radius 2 is 1.62 bits per heavy atom. The molecule has 1 aliphatic carbocycles. The van der Waals surface area contributed by atoms with E-state index in [1.165, 1.54) is 44.9 Å². The van der Waals surface area contributed by atoms with Gasteiger partial charge in [-0.15, -0.1) is 0 Å². The Morgan fingerprint density at radius 1 is 1.08 bits per heavy atom. The predicted molar refractivity (Wildman–Crippen MR) is 63.4 cm³/mol. The number of rotatable bonds is 3. The van der Waals surface area contributed by atoms with Gasteiger partial charge in [-0.05, 0) is 18.3 Å². The monoisotopic (exact) mass is 246 g/mol. The quantitative estimate of drug-likeness (QED) is 0.498. The van der Waals surface area contributed by atoms with Gasteiger partial charge in [-0.25, -0.2) is 0 Å². The molecule has 1 aliphatic rings. The Balaban J connectivity index is 2.30. The molecule has 0 aromatic heterocycles. The third-order valence-electron chi connectivity index (χ3n) is 3.40. The molecule has 0 nitrogen and oxygen atoms in total. The second-order valence-electron chi connectivity index (χ2n) is 4.75. The summed E-state index contributed by atoms with van der Waals surface area (Å²) in [5.41, 5.74) is 0. The summed E-state index contributed by atoms with van der Waals surface area (Å²) < 4.78 is 0. The van der Waals surface area contributed by atoms with E-state index in [2.05, 4.69) is 29.8 Å². The van der Waals surface area contributed by atoms with Crippen LogP contribution in [0.3, 0.4) is 0 Å². The van der Waals surface area contributed by atoms with Crippen LogP contribution in [0, 0.1) is 11.8 Å². The minimum absolute atomic E-state index is 0.700. The standard InChI is InChI=1S/C12H23Br/c1-10(9-11(2)13)12-7-5-3-4-6-8-12/h10-12H,3-9H2,1-2H3. The molecule has 0 aromatic rings. The zero-order valence-corrected chi connectivity index (χ0v) is 10.6. The molecule has 1 rings (SSSR count). The molecule has 1 fully saturated rings. The lowest BCUT2D eigenvalue weighted by Crippen LogP contribution is -2.13. The molecule has 78 valence electrons. The molecular formula is C12H23Br. The Hall–Kier alpha value is 0.480. The van der Waals surface area contributed by atoms with Gasteiger partial charge in [0.25, 0.3) is 0 Å². The van der Waals surface area contributed by atoms with Crippen molar-refractivity contribution in [1.82, 2.24) is 0 Å². The lowest BCUT2D eigenvalue weighted by Gasteiger charge is -2.23. The predicted octanol–water partition coefficient (Wildman–Crippen LogP) is 4.77. The molecule has 0 bridgehead atoms. The number of hydrogen-bond acceptors (Lipinski definition) is 0. The van der Waals surface area contributed by atoms with Crippen LogP contribution >= 0.6 is 15.9 Å². The van der Waals surface area contributed by atoms with Gasteiger partial charge >= 0.3 is 0 Å². The van der Waals surface area contributed by atoms with E-state index in [1.54, 1.807) is 0 Å². The van der Waals surface area contributed by atoms with Gasteiger partial charge in [0.2, 0.25) is 0 Å². The molecule has 0 spiro atoms. The van der Waals surface area contributed by atoms with Crippen molar-refractivity contribution >= 4 is 15.9 Å². The maximum Gasteiger partial charge on any atom is 0.0120 e. The SMILES string of the molecule is CC(Br)CC(C)C1CCCCCC1. The summed E-state index contributed by atoms with van der Waals surface area (Å²) in [5.74, 6) is 1.94. The first-order valence-electron chi connectivity index (χ1n) is 5.84. The molecular weight excluding hydrogens is 224 g/mol. The maximum absolute atomic E-state index is 3.66. The lowest BCUT2D eigenvalue weighted by atomic mass is 9.85. The van der Waals surface area contributed by atoms with Crippen molar-refractivity contribution in [3.63, 3.8) is 0 Å². The van der Waals surface area contributed by atoms with Gasteiger partial charge in [0.05, 0.1) is 0 Å². The van der Waals surface area contributed by atoms with Crippen LogP contribution < -0.4 is 0 Å². The summed E-state index contributed by atoms with van der Waals surface area (Å²) in [5, 5.41) is 0. The Labute approximate surface area is 91.6 Å². The van der Waals surface area contributed by atoms with Crippen LogP contribution in [0.15, 0.2) is 0 Å². The van der Waals surface area contributed by atoms with Crippen LogP contribution in [0.4, 0.5) is 0 Å². The Kier molecular flexibility index (Phi) is 5.38. The van der Waals surface area contributed by atoms with Crippen LogP contribution in [0.25, 0.3) is 0 Å². The van der Waals surface area contributed by atoms with Crippen LogP contribution in [0.2, 0.25) is 0 Å². The van der Waals surface area contributed by atoms with Crippen molar-refractivity contribution in [2.75, 3.05) is 0 Å². The van der Waals surface area contributed by atoms with E-state index in [-0.39, 0.29) is 0 Å². The van der Waals surface area contributed by atoms with Crippen molar-refractivity contribution in [1.29, 1.82) is 0 Å². The van der Waals surface area contributed by atoms with Crippen LogP contribution in [-0.2, 0) is 0 Å². The highest BCUT2D eigenvalue weighted by Crippen LogP contribution is 2.32. The molecule has 0 aliphatic heterocycles. The van der Waals surface area contributed by atoms with E-state index in [0.29, 0.717) is 4.83 Å². The van der Waals surface area contributed by atoms with E-state index < -0.39 is 0 Å². The van der Waals surface area contributed by atoms with Crippen molar-refractivity contribution in [3.05, 3.63) is 0 Å². The van der Waals surface area contributed by atoms with Gasteiger partial charge in [-0.2, -0.15) is 0 Å². The third kappa shape index (κ3) is 4.49. The van der Waals surface area contributed by atoms with Crippen molar-refractivity contribution < 1.29 is 0 Å². The summed E-state index contributed by atoms with van der Waals surface area (Å²) in [6.07, 6.45) is 10.2. The molecule has 2 atom stereocenters. The molecule has 13 heavy (non-hydrogen) atoms. The Morgan fingerprint density at radius 3 is 2.08 bits per heavy atom. The van der Waals surface area contributed by atoms with Gasteiger partial charge in [0, 0.05) is 4.83 Å². The van der Waals surface area contributed by atoms with Gasteiger partial charge in [0.15, 0.2) is 0 Å². The fraction of sp³-hybridized carbons (Fsp3) is 1.00. The Bertz CT molecular complexity index is 123. The lowest BCUT2D eigenvalue weighted by molar-refractivity contribution is 0.305. The molecule has 0 saturated heterocycles. The highest BCUT2D eigenvalue weighted by molar-refractivity contribution is 9.09. The summed E-state index contributed by atoms with van der Waals surface area (Å²) in [6.45, 7) is 4.71. The normalized spacial score (nSPS) is 25.2. The molecule has 0 N–H and O–H groups in total. The number of hydrogen-bond donors (Lipinski definition) is 0. The van der Waals surface area contributed by atoms with Gasteiger partial charge in [-0.3, -0.25) is 0 Å². The summed E-state index contributed by atoms with van der Waals surface area (Å²) >= 11 is 3.66. The largest absolute Gasteiger partial charge is 0.0894 e. The van der Waals surface area contributed by atoms with Gasteiger partial charge in [0.1, 0.15) is 0 Å². The fourth-order valence-electron chi connectivity index (χ4n) is 2.58. The molecule has 1 heteroatoms. The second kappa shape index (κ2) is 6.06. The first-order chi connectivity index (χ1) is 6.20. The van der Waals surface area contributed by atoms with Crippen molar-refractivity contribution in [2.24, 2.45) is 11.8 Å². The molecule has 0 radical (unpaired) electrons.